The fourth-order valence-corrected chi connectivity index (χ4v) is 5.46. The van der Waals surface area contributed by atoms with Gasteiger partial charge < -0.3 is 4.74 Å². The summed E-state index contributed by atoms with van der Waals surface area (Å²) in [7, 11) is -7.91. The molecule has 0 unspecified atom stereocenters. The third kappa shape index (κ3) is 5.48. The molecule has 1 aromatic heterocycles. The molecule has 0 bridgehead atoms. The molecule has 192 valence electrons. The van der Waals surface area contributed by atoms with Gasteiger partial charge in [-0.25, -0.2) is 21.2 Å². The Kier molecular flexibility index (Phi) is 7.05. The van der Waals surface area contributed by atoms with Crippen LogP contribution >= 0.6 is 0 Å². The van der Waals surface area contributed by atoms with Crippen molar-refractivity contribution in [1.29, 1.82) is 5.26 Å². The first-order chi connectivity index (χ1) is 17.4. The lowest BCUT2D eigenvalue weighted by Gasteiger charge is -2.15. The molecule has 8 nitrogen and oxygen atoms in total. The molecule has 0 saturated heterocycles. The number of hydrogen-bond acceptors (Lipinski definition) is 7. The van der Waals surface area contributed by atoms with Crippen molar-refractivity contribution in [1.82, 2.24) is 3.97 Å². The van der Waals surface area contributed by atoms with Gasteiger partial charge in [0, 0.05) is 35.7 Å². The number of nitrogens with zero attached hydrogens (tertiary/aromatic N) is 2. The zero-order chi connectivity index (χ0) is 27.0. The van der Waals surface area contributed by atoms with E-state index in [4.69, 9.17) is 14.2 Å². The molecular formula is C25H20F2N2O6S2. The van der Waals surface area contributed by atoms with Crippen LogP contribution in [0.3, 0.4) is 0 Å². The first-order valence-electron chi connectivity index (χ1n) is 10.8. The quantitative estimate of drug-likeness (QED) is 0.296. The van der Waals surface area contributed by atoms with Crippen LogP contribution in [0.25, 0.3) is 10.9 Å². The smallest absolute Gasteiger partial charge is 0.268 e. The molecule has 0 aliphatic heterocycles. The zero-order valence-electron chi connectivity index (χ0n) is 19.6. The van der Waals surface area contributed by atoms with Crippen LogP contribution < -0.4 is 4.74 Å². The topological polar surface area (TPSA) is 115 Å². The zero-order valence-corrected chi connectivity index (χ0v) is 21.2. The molecular weight excluding hydrogens is 526 g/mol. The molecule has 0 atom stereocenters. The number of aryl methyl sites for hydroxylation is 1. The Hall–Kier alpha value is -3.79. The number of hydrogen-bond donors (Lipinski definition) is 0. The number of nitriles is 1. The Balaban J connectivity index is 1.86. The average molecular weight is 547 g/mol. The Morgan fingerprint density at radius 2 is 1.68 bits per heavy atom. The molecule has 0 spiro atoms. The van der Waals surface area contributed by atoms with Crippen molar-refractivity contribution in [2.24, 2.45) is 0 Å². The summed E-state index contributed by atoms with van der Waals surface area (Å²) < 4.78 is 90.2. The lowest BCUT2D eigenvalue weighted by Crippen LogP contribution is -2.12. The Bertz CT molecular complexity index is 1760. The highest BCUT2D eigenvalue weighted by atomic mass is 32.2. The van der Waals surface area contributed by atoms with Crippen molar-refractivity contribution < 1.29 is 34.5 Å². The fourth-order valence-electron chi connectivity index (χ4n) is 3.73. The summed E-state index contributed by atoms with van der Waals surface area (Å²) in [5, 5.41) is 9.36. The number of aromatic nitrogens is 1. The number of fused-ring (bicyclic) bond motifs is 1. The highest BCUT2D eigenvalue weighted by Gasteiger charge is 2.24. The first-order valence-corrected chi connectivity index (χ1v) is 14.0. The summed E-state index contributed by atoms with van der Waals surface area (Å²) in [6.45, 7) is 1.43. The molecule has 4 aromatic rings. The predicted molar refractivity (Wildman–Crippen MR) is 131 cm³/mol. The van der Waals surface area contributed by atoms with Gasteiger partial charge in [0.05, 0.1) is 28.8 Å². The Morgan fingerprint density at radius 3 is 2.32 bits per heavy atom. The van der Waals surface area contributed by atoms with Gasteiger partial charge in [-0.2, -0.15) is 13.7 Å². The van der Waals surface area contributed by atoms with E-state index < -0.39 is 31.8 Å². The van der Waals surface area contributed by atoms with Crippen molar-refractivity contribution in [2.45, 2.75) is 18.2 Å². The molecule has 0 saturated carbocycles. The van der Waals surface area contributed by atoms with Crippen LogP contribution in [0.5, 0.6) is 11.5 Å². The van der Waals surface area contributed by atoms with E-state index in [0.717, 1.165) is 34.0 Å². The average Bonchev–Trinajstić information content (AvgIpc) is 3.25. The number of halogens is 2. The van der Waals surface area contributed by atoms with Crippen molar-refractivity contribution in [3.05, 3.63) is 89.1 Å². The summed E-state index contributed by atoms with van der Waals surface area (Å²) in [6, 6.07) is 13.5. The van der Waals surface area contributed by atoms with E-state index in [9.17, 15) is 21.2 Å². The number of ether oxygens (including phenoxy) is 1. The molecule has 0 amide bonds. The first kappa shape index (κ1) is 26.3. The van der Waals surface area contributed by atoms with Crippen LogP contribution in [0.15, 0.2) is 65.7 Å². The van der Waals surface area contributed by atoms with Crippen LogP contribution in [0.1, 0.15) is 16.7 Å². The molecule has 0 fully saturated rings. The molecule has 37 heavy (non-hydrogen) atoms. The van der Waals surface area contributed by atoms with E-state index in [2.05, 4.69) is 0 Å². The van der Waals surface area contributed by atoms with E-state index in [1.165, 1.54) is 30.5 Å². The molecule has 0 radical (unpaired) electrons. The van der Waals surface area contributed by atoms with Gasteiger partial charge in [0.25, 0.3) is 20.1 Å². The second-order valence-corrected chi connectivity index (χ2v) is 11.6. The van der Waals surface area contributed by atoms with Gasteiger partial charge in [0.2, 0.25) is 0 Å². The third-order valence-corrected chi connectivity index (χ3v) is 7.77. The van der Waals surface area contributed by atoms with Gasteiger partial charge in [0.15, 0.2) is 11.6 Å². The second kappa shape index (κ2) is 9.93. The van der Waals surface area contributed by atoms with Crippen LogP contribution in [0.4, 0.5) is 8.78 Å². The van der Waals surface area contributed by atoms with E-state index in [0.29, 0.717) is 0 Å². The molecule has 3 aromatic carbocycles. The predicted octanol–water partition coefficient (Wildman–Crippen LogP) is 4.65. The normalized spacial score (nSPS) is 12.0. The fraction of sp³-hybridized carbons (Fsp3) is 0.160. The van der Waals surface area contributed by atoms with Crippen LogP contribution in [-0.2, 0) is 30.7 Å². The molecule has 12 heteroatoms. The lowest BCUT2D eigenvalue weighted by atomic mass is 10.1. The third-order valence-electron chi connectivity index (χ3n) is 5.48. The monoisotopic (exact) mass is 546 g/mol. The Morgan fingerprint density at radius 1 is 0.973 bits per heavy atom. The highest BCUT2D eigenvalue weighted by Crippen LogP contribution is 2.37. The van der Waals surface area contributed by atoms with E-state index >= 15 is 4.39 Å². The van der Waals surface area contributed by atoms with E-state index in [-0.39, 0.29) is 51.5 Å². The van der Waals surface area contributed by atoms with Crippen LogP contribution in [-0.4, -0.2) is 33.7 Å². The molecule has 0 aliphatic rings. The van der Waals surface area contributed by atoms with Gasteiger partial charge in [-0.3, -0.25) is 4.18 Å². The van der Waals surface area contributed by atoms with Crippen LogP contribution in [0, 0.1) is 29.9 Å². The van der Waals surface area contributed by atoms with E-state index in [1.807, 2.05) is 6.92 Å². The van der Waals surface area contributed by atoms with Gasteiger partial charge in [-0.1, -0.05) is 17.7 Å². The maximum absolute atomic E-state index is 15.5. The van der Waals surface area contributed by atoms with Gasteiger partial charge >= 0.3 is 0 Å². The van der Waals surface area contributed by atoms with Gasteiger partial charge in [0.1, 0.15) is 17.6 Å². The summed E-state index contributed by atoms with van der Waals surface area (Å²) in [4.78, 5) is -0.00589. The summed E-state index contributed by atoms with van der Waals surface area (Å²) in [6.07, 6.45) is 1.95. The molecule has 4 rings (SSSR count). The summed E-state index contributed by atoms with van der Waals surface area (Å²) in [5.41, 5.74) is 0.657. The minimum absolute atomic E-state index is 0.00315. The second-order valence-electron chi connectivity index (χ2n) is 8.16. The van der Waals surface area contributed by atoms with E-state index in [1.54, 1.807) is 18.2 Å². The van der Waals surface area contributed by atoms with Crippen molar-refractivity contribution in [3.63, 3.8) is 0 Å². The largest absolute Gasteiger partial charge is 0.454 e. The van der Waals surface area contributed by atoms with Crippen molar-refractivity contribution >= 4 is 31.0 Å². The van der Waals surface area contributed by atoms with Crippen LogP contribution in [0.2, 0.25) is 0 Å². The van der Waals surface area contributed by atoms with Crippen molar-refractivity contribution in [3.8, 4) is 17.6 Å². The standard InChI is InChI=1S/C25H20F2N2O6S2/c1-16-3-6-19(7-4-16)37(32,33)29-11-9-20-21(10-12-34-36(2,30)31)25(23(27)14-24(20)29)35-18-5-8-22(26)17(13-18)15-28/h3-9,11,13-14H,10,12H2,1-2H3. The minimum atomic E-state index is -4.10. The van der Waals surface area contributed by atoms with Gasteiger partial charge in [-0.05, 0) is 37.3 Å². The van der Waals surface area contributed by atoms with Crippen molar-refractivity contribution in [2.75, 3.05) is 12.9 Å². The SMILES string of the molecule is Cc1ccc(S(=O)(=O)n2ccc3c(CCOS(C)(=O)=O)c(Oc4ccc(F)c(C#N)c4)c(F)cc32)cc1. The minimum Gasteiger partial charge on any atom is -0.454 e. The molecule has 0 N–H and O–H groups in total. The summed E-state index contributed by atoms with van der Waals surface area (Å²) >= 11 is 0. The summed E-state index contributed by atoms with van der Waals surface area (Å²) in [5.74, 6) is -2.13. The maximum atomic E-state index is 15.5. The maximum Gasteiger partial charge on any atom is 0.268 e. The lowest BCUT2D eigenvalue weighted by molar-refractivity contribution is 0.323. The Labute approximate surface area is 212 Å². The molecule has 0 aliphatic carbocycles. The molecule has 1 heterocycles. The number of rotatable bonds is 8. The van der Waals surface area contributed by atoms with Gasteiger partial charge in [-0.15, -0.1) is 0 Å². The number of benzene rings is 3. The highest BCUT2D eigenvalue weighted by molar-refractivity contribution is 7.90.